The Kier molecular flexibility index (Phi) is 2.23. The van der Waals surface area contributed by atoms with Gasteiger partial charge < -0.3 is 10.4 Å². The van der Waals surface area contributed by atoms with Crippen LogP contribution in [0.3, 0.4) is 0 Å². The van der Waals surface area contributed by atoms with Gasteiger partial charge in [-0.15, -0.1) is 0 Å². The van der Waals surface area contributed by atoms with E-state index in [0.29, 0.717) is 0 Å². The van der Waals surface area contributed by atoms with E-state index in [1.807, 2.05) is 18.2 Å². The van der Waals surface area contributed by atoms with Crippen molar-refractivity contribution in [3.8, 4) is 0 Å². The fourth-order valence-corrected chi connectivity index (χ4v) is 2.15. The standard InChI is InChI=1S/C10H12INO/c1-10(11)6-7-4-2-3-5-8(7)12-9(10)13/h2-5,9,12-13H,6H2,1H3. The van der Waals surface area contributed by atoms with E-state index in [0.717, 1.165) is 12.1 Å². The molecule has 0 saturated carbocycles. The first kappa shape index (κ1) is 9.27. The van der Waals surface area contributed by atoms with Crippen LogP contribution >= 0.6 is 22.6 Å². The number of para-hydroxylation sites is 1. The van der Waals surface area contributed by atoms with Gasteiger partial charge in [-0.1, -0.05) is 40.8 Å². The number of benzene rings is 1. The molecule has 0 fully saturated rings. The molecule has 2 unspecified atom stereocenters. The van der Waals surface area contributed by atoms with E-state index in [9.17, 15) is 5.11 Å². The number of aliphatic hydroxyl groups excluding tert-OH is 1. The third kappa shape index (κ3) is 1.67. The first-order valence-electron chi connectivity index (χ1n) is 4.31. The van der Waals surface area contributed by atoms with Crippen molar-refractivity contribution < 1.29 is 5.11 Å². The van der Waals surface area contributed by atoms with Crippen LogP contribution in [0.5, 0.6) is 0 Å². The lowest BCUT2D eigenvalue weighted by Crippen LogP contribution is -2.44. The lowest BCUT2D eigenvalue weighted by Gasteiger charge is -2.35. The Hall–Kier alpha value is -0.290. The first-order valence-corrected chi connectivity index (χ1v) is 5.39. The Morgan fingerprint density at radius 2 is 2.23 bits per heavy atom. The van der Waals surface area contributed by atoms with Gasteiger partial charge in [-0.05, 0) is 25.0 Å². The van der Waals surface area contributed by atoms with Gasteiger partial charge in [0.2, 0.25) is 0 Å². The maximum absolute atomic E-state index is 9.77. The smallest absolute Gasteiger partial charge is 0.139 e. The predicted octanol–water partition coefficient (Wildman–Crippen LogP) is 2.17. The molecule has 0 aromatic heterocycles. The molecule has 13 heavy (non-hydrogen) atoms. The summed E-state index contributed by atoms with van der Waals surface area (Å²) < 4.78 is -0.105. The summed E-state index contributed by atoms with van der Waals surface area (Å²) in [6.45, 7) is 2.06. The van der Waals surface area contributed by atoms with Crippen LogP contribution in [0.25, 0.3) is 0 Å². The van der Waals surface area contributed by atoms with E-state index in [2.05, 4.69) is 40.9 Å². The highest BCUT2D eigenvalue weighted by atomic mass is 127. The van der Waals surface area contributed by atoms with Gasteiger partial charge in [-0.3, -0.25) is 0 Å². The molecule has 1 aliphatic rings. The summed E-state index contributed by atoms with van der Waals surface area (Å²) in [5.74, 6) is 0. The van der Waals surface area contributed by atoms with Gasteiger partial charge in [-0.2, -0.15) is 0 Å². The molecule has 0 radical (unpaired) electrons. The zero-order chi connectivity index (χ0) is 9.47. The number of alkyl halides is 1. The number of hydrogen-bond donors (Lipinski definition) is 2. The molecule has 1 aromatic rings. The van der Waals surface area contributed by atoms with Crippen molar-refractivity contribution in [2.45, 2.75) is 23.0 Å². The highest BCUT2D eigenvalue weighted by Gasteiger charge is 2.34. The minimum absolute atomic E-state index is 0.105. The number of aliphatic hydroxyl groups is 1. The van der Waals surface area contributed by atoms with Crippen molar-refractivity contribution in [3.05, 3.63) is 29.8 Å². The Balaban J connectivity index is 2.39. The number of anilines is 1. The molecule has 0 spiro atoms. The molecular weight excluding hydrogens is 277 g/mol. The van der Waals surface area contributed by atoms with Crippen LogP contribution in [-0.2, 0) is 6.42 Å². The average Bonchev–Trinajstić information content (AvgIpc) is 2.06. The summed E-state index contributed by atoms with van der Waals surface area (Å²) in [7, 11) is 0. The van der Waals surface area contributed by atoms with Crippen molar-refractivity contribution in [3.63, 3.8) is 0 Å². The Bertz CT molecular complexity index is 324. The van der Waals surface area contributed by atoms with Gasteiger partial charge in [0.15, 0.2) is 0 Å². The van der Waals surface area contributed by atoms with Crippen molar-refractivity contribution >= 4 is 28.3 Å². The Labute approximate surface area is 91.5 Å². The zero-order valence-electron chi connectivity index (χ0n) is 7.42. The van der Waals surface area contributed by atoms with Gasteiger partial charge in [-0.25, -0.2) is 0 Å². The van der Waals surface area contributed by atoms with Crippen LogP contribution in [0, 0.1) is 0 Å². The van der Waals surface area contributed by atoms with Gasteiger partial charge in [0, 0.05) is 5.69 Å². The molecular formula is C10H12INO. The maximum atomic E-state index is 9.77. The minimum Gasteiger partial charge on any atom is -0.372 e. The third-order valence-electron chi connectivity index (χ3n) is 2.42. The number of rotatable bonds is 0. The molecule has 1 aliphatic heterocycles. The second kappa shape index (κ2) is 3.13. The highest BCUT2D eigenvalue weighted by molar-refractivity contribution is 14.1. The molecule has 2 nitrogen and oxygen atoms in total. The highest BCUT2D eigenvalue weighted by Crippen LogP contribution is 2.35. The molecule has 70 valence electrons. The molecule has 0 saturated heterocycles. The van der Waals surface area contributed by atoms with Gasteiger partial charge in [0.1, 0.15) is 6.23 Å². The summed E-state index contributed by atoms with van der Waals surface area (Å²) in [5.41, 5.74) is 2.34. The lowest BCUT2D eigenvalue weighted by molar-refractivity contribution is 0.164. The van der Waals surface area contributed by atoms with E-state index >= 15 is 0 Å². The van der Waals surface area contributed by atoms with Crippen LogP contribution < -0.4 is 5.32 Å². The van der Waals surface area contributed by atoms with E-state index in [1.54, 1.807) is 0 Å². The van der Waals surface area contributed by atoms with E-state index in [4.69, 9.17) is 0 Å². The molecule has 2 N–H and O–H groups in total. The largest absolute Gasteiger partial charge is 0.372 e. The fraction of sp³-hybridized carbons (Fsp3) is 0.400. The number of hydrogen-bond acceptors (Lipinski definition) is 2. The summed E-state index contributed by atoms with van der Waals surface area (Å²) in [6.07, 6.45) is 0.459. The van der Waals surface area contributed by atoms with Gasteiger partial charge >= 0.3 is 0 Å². The van der Waals surface area contributed by atoms with Crippen LogP contribution in [0.1, 0.15) is 12.5 Å². The van der Waals surface area contributed by atoms with Crippen LogP contribution in [-0.4, -0.2) is 14.8 Å². The monoisotopic (exact) mass is 289 g/mol. The van der Waals surface area contributed by atoms with Gasteiger partial charge in [0.25, 0.3) is 0 Å². The van der Waals surface area contributed by atoms with E-state index < -0.39 is 6.23 Å². The number of nitrogens with one attached hydrogen (secondary N) is 1. The summed E-state index contributed by atoms with van der Waals surface area (Å²) in [6, 6.07) is 8.12. The summed E-state index contributed by atoms with van der Waals surface area (Å²) in [5, 5.41) is 12.9. The Morgan fingerprint density at radius 3 is 3.00 bits per heavy atom. The van der Waals surface area contributed by atoms with Crippen LogP contribution in [0.2, 0.25) is 0 Å². The van der Waals surface area contributed by atoms with Crippen molar-refractivity contribution in [2.24, 2.45) is 0 Å². The Morgan fingerprint density at radius 1 is 1.54 bits per heavy atom. The minimum atomic E-state index is -0.456. The number of halogens is 1. The normalized spacial score (nSPS) is 32.1. The molecule has 2 rings (SSSR count). The molecule has 1 aromatic carbocycles. The van der Waals surface area contributed by atoms with E-state index in [-0.39, 0.29) is 3.42 Å². The maximum Gasteiger partial charge on any atom is 0.139 e. The van der Waals surface area contributed by atoms with Crippen molar-refractivity contribution in [2.75, 3.05) is 5.32 Å². The second-order valence-electron chi connectivity index (χ2n) is 3.66. The SMILES string of the molecule is CC1(I)Cc2ccccc2NC1O. The molecule has 1 heterocycles. The molecule has 0 aliphatic carbocycles. The summed E-state index contributed by atoms with van der Waals surface area (Å²) >= 11 is 2.30. The van der Waals surface area contributed by atoms with Gasteiger partial charge in [0.05, 0.1) is 3.42 Å². The van der Waals surface area contributed by atoms with Crippen LogP contribution in [0.15, 0.2) is 24.3 Å². The quantitative estimate of drug-likeness (QED) is 0.566. The topological polar surface area (TPSA) is 32.3 Å². The van der Waals surface area contributed by atoms with E-state index in [1.165, 1.54) is 5.56 Å². The second-order valence-corrected chi connectivity index (χ2v) is 6.12. The predicted molar refractivity (Wildman–Crippen MR) is 62.2 cm³/mol. The molecule has 3 heteroatoms. The molecule has 2 atom stereocenters. The molecule has 0 amide bonds. The third-order valence-corrected chi connectivity index (χ3v) is 3.39. The first-order chi connectivity index (χ1) is 6.09. The zero-order valence-corrected chi connectivity index (χ0v) is 9.58. The number of fused-ring (bicyclic) bond motifs is 1. The summed E-state index contributed by atoms with van der Waals surface area (Å²) in [4.78, 5) is 0. The fourth-order valence-electron chi connectivity index (χ4n) is 1.58. The van der Waals surface area contributed by atoms with Crippen molar-refractivity contribution in [1.82, 2.24) is 0 Å². The average molecular weight is 289 g/mol. The van der Waals surface area contributed by atoms with Crippen LogP contribution in [0.4, 0.5) is 5.69 Å². The van der Waals surface area contributed by atoms with Crippen molar-refractivity contribution in [1.29, 1.82) is 0 Å². The lowest BCUT2D eigenvalue weighted by atomic mass is 9.94. The molecule has 0 bridgehead atoms.